The molecule has 1 aromatic carbocycles. The van der Waals surface area contributed by atoms with Crippen LogP contribution in [0, 0.1) is 0 Å². The molecule has 4 heteroatoms. The van der Waals surface area contributed by atoms with Crippen LogP contribution in [0.3, 0.4) is 0 Å². The van der Waals surface area contributed by atoms with E-state index in [1.807, 2.05) is 24.3 Å². The van der Waals surface area contributed by atoms with Crippen molar-refractivity contribution in [1.82, 2.24) is 4.98 Å². The van der Waals surface area contributed by atoms with Gasteiger partial charge in [0.05, 0.1) is 6.42 Å². The highest BCUT2D eigenvalue weighted by molar-refractivity contribution is 5.92. The number of nitrogens with zero attached hydrogens (tertiary/aromatic N) is 1. The van der Waals surface area contributed by atoms with Crippen LogP contribution in [0.15, 0.2) is 42.7 Å². The second-order valence-electron chi connectivity index (χ2n) is 4.98. The lowest BCUT2D eigenvalue weighted by Crippen LogP contribution is -2.16. The second-order valence-corrected chi connectivity index (χ2v) is 4.98. The SMILES string of the molecule is O=C(Cc1ccncc1)Nc1ccc2c(c1)CCCN2. The van der Waals surface area contributed by atoms with Gasteiger partial charge in [0.1, 0.15) is 0 Å². The zero-order valence-corrected chi connectivity index (χ0v) is 11.2. The third-order valence-electron chi connectivity index (χ3n) is 3.44. The molecule has 2 N–H and O–H groups in total. The van der Waals surface area contributed by atoms with Gasteiger partial charge in [-0.3, -0.25) is 9.78 Å². The van der Waals surface area contributed by atoms with Gasteiger partial charge in [-0.25, -0.2) is 0 Å². The minimum atomic E-state index is -0.0000753. The van der Waals surface area contributed by atoms with Crippen molar-refractivity contribution in [2.75, 3.05) is 17.2 Å². The van der Waals surface area contributed by atoms with Gasteiger partial charge in [-0.15, -0.1) is 0 Å². The summed E-state index contributed by atoms with van der Waals surface area (Å²) in [5.74, 6) is -0.0000753. The first-order valence-corrected chi connectivity index (χ1v) is 6.87. The van der Waals surface area contributed by atoms with Gasteiger partial charge in [-0.1, -0.05) is 0 Å². The van der Waals surface area contributed by atoms with Crippen molar-refractivity contribution >= 4 is 17.3 Å². The summed E-state index contributed by atoms with van der Waals surface area (Å²) in [6.45, 7) is 1.03. The number of rotatable bonds is 3. The van der Waals surface area contributed by atoms with E-state index in [0.717, 1.165) is 30.6 Å². The van der Waals surface area contributed by atoms with Crippen LogP contribution in [0.25, 0.3) is 0 Å². The van der Waals surface area contributed by atoms with Crippen LogP contribution >= 0.6 is 0 Å². The van der Waals surface area contributed by atoms with Gasteiger partial charge in [-0.2, -0.15) is 0 Å². The highest BCUT2D eigenvalue weighted by Gasteiger charge is 2.10. The van der Waals surface area contributed by atoms with Crippen molar-refractivity contribution in [2.24, 2.45) is 0 Å². The number of aromatic nitrogens is 1. The molecule has 4 nitrogen and oxygen atoms in total. The molecule has 0 fully saturated rings. The van der Waals surface area contributed by atoms with Gasteiger partial charge < -0.3 is 10.6 Å². The molecular formula is C16H17N3O. The van der Waals surface area contributed by atoms with Crippen LogP contribution in [-0.4, -0.2) is 17.4 Å². The average molecular weight is 267 g/mol. The van der Waals surface area contributed by atoms with Crippen molar-refractivity contribution in [3.8, 4) is 0 Å². The summed E-state index contributed by atoms with van der Waals surface area (Å²) >= 11 is 0. The molecule has 0 aliphatic carbocycles. The van der Waals surface area contributed by atoms with E-state index in [-0.39, 0.29) is 5.91 Å². The Morgan fingerprint density at radius 2 is 2.10 bits per heavy atom. The third kappa shape index (κ3) is 2.96. The fraction of sp³-hybridized carbons (Fsp3) is 0.250. The molecule has 3 rings (SSSR count). The maximum atomic E-state index is 12.0. The van der Waals surface area contributed by atoms with Gasteiger partial charge in [0, 0.05) is 30.3 Å². The molecule has 0 saturated heterocycles. The Morgan fingerprint density at radius 1 is 1.25 bits per heavy atom. The summed E-state index contributed by atoms with van der Waals surface area (Å²) in [5, 5.41) is 6.32. The maximum Gasteiger partial charge on any atom is 0.228 e. The molecule has 102 valence electrons. The fourth-order valence-corrected chi connectivity index (χ4v) is 2.44. The maximum absolute atomic E-state index is 12.0. The Labute approximate surface area is 118 Å². The van der Waals surface area contributed by atoms with Crippen molar-refractivity contribution in [1.29, 1.82) is 0 Å². The number of benzene rings is 1. The molecule has 1 aliphatic heterocycles. The molecule has 0 spiro atoms. The molecular weight excluding hydrogens is 250 g/mol. The topological polar surface area (TPSA) is 54.0 Å². The molecule has 0 bridgehead atoms. The summed E-state index contributed by atoms with van der Waals surface area (Å²) in [5.41, 5.74) is 4.30. The van der Waals surface area contributed by atoms with E-state index in [9.17, 15) is 4.79 Å². The summed E-state index contributed by atoms with van der Waals surface area (Å²) in [6, 6.07) is 9.76. The number of aryl methyl sites for hydroxylation is 1. The van der Waals surface area contributed by atoms with Crippen LogP contribution < -0.4 is 10.6 Å². The summed E-state index contributed by atoms with van der Waals surface area (Å²) < 4.78 is 0. The van der Waals surface area contributed by atoms with E-state index >= 15 is 0 Å². The normalized spacial score (nSPS) is 13.2. The van der Waals surface area contributed by atoms with E-state index in [1.165, 1.54) is 11.3 Å². The quantitative estimate of drug-likeness (QED) is 0.898. The smallest absolute Gasteiger partial charge is 0.228 e. The molecule has 1 aromatic heterocycles. The number of hydrogen-bond donors (Lipinski definition) is 2. The Morgan fingerprint density at radius 3 is 2.95 bits per heavy atom. The summed E-state index contributed by atoms with van der Waals surface area (Å²) in [6.07, 6.45) is 5.98. The average Bonchev–Trinajstić information content (AvgIpc) is 2.48. The van der Waals surface area contributed by atoms with Crippen LogP contribution in [0.1, 0.15) is 17.5 Å². The minimum absolute atomic E-state index is 0.0000753. The highest BCUT2D eigenvalue weighted by Crippen LogP contribution is 2.25. The first-order valence-electron chi connectivity index (χ1n) is 6.87. The predicted molar refractivity (Wildman–Crippen MR) is 79.8 cm³/mol. The number of carbonyl (C=O) groups excluding carboxylic acids is 1. The predicted octanol–water partition coefficient (Wildman–Crippen LogP) is 2.62. The highest BCUT2D eigenvalue weighted by atomic mass is 16.1. The van der Waals surface area contributed by atoms with Gasteiger partial charge in [0.2, 0.25) is 5.91 Å². The second kappa shape index (κ2) is 5.74. The van der Waals surface area contributed by atoms with E-state index in [0.29, 0.717) is 6.42 Å². The van der Waals surface area contributed by atoms with Crippen LogP contribution in [0.4, 0.5) is 11.4 Å². The van der Waals surface area contributed by atoms with Crippen LogP contribution in [-0.2, 0) is 17.6 Å². The molecule has 0 radical (unpaired) electrons. The van der Waals surface area contributed by atoms with Gasteiger partial charge in [0.15, 0.2) is 0 Å². The monoisotopic (exact) mass is 267 g/mol. The molecule has 1 aliphatic rings. The van der Waals surface area contributed by atoms with E-state index < -0.39 is 0 Å². The molecule has 2 heterocycles. The Kier molecular flexibility index (Phi) is 3.63. The van der Waals surface area contributed by atoms with Gasteiger partial charge >= 0.3 is 0 Å². The van der Waals surface area contributed by atoms with Crippen molar-refractivity contribution in [2.45, 2.75) is 19.3 Å². The van der Waals surface area contributed by atoms with Gasteiger partial charge in [0.25, 0.3) is 0 Å². The van der Waals surface area contributed by atoms with Crippen molar-refractivity contribution in [3.05, 3.63) is 53.9 Å². The van der Waals surface area contributed by atoms with E-state index in [1.54, 1.807) is 12.4 Å². The Balaban J connectivity index is 1.67. The zero-order valence-electron chi connectivity index (χ0n) is 11.2. The van der Waals surface area contributed by atoms with E-state index in [2.05, 4.69) is 21.7 Å². The van der Waals surface area contributed by atoms with Crippen molar-refractivity contribution in [3.63, 3.8) is 0 Å². The lowest BCUT2D eigenvalue weighted by molar-refractivity contribution is -0.115. The lowest BCUT2D eigenvalue weighted by Gasteiger charge is -2.18. The molecule has 0 atom stereocenters. The molecule has 1 amide bonds. The minimum Gasteiger partial charge on any atom is -0.385 e. The largest absolute Gasteiger partial charge is 0.385 e. The number of hydrogen-bond acceptors (Lipinski definition) is 3. The summed E-state index contributed by atoms with van der Waals surface area (Å²) in [4.78, 5) is 15.9. The Bertz CT molecular complexity index is 610. The fourth-order valence-electron chi connectivity index (χ4n) is 2.44. The number of amides is 1. The van der Waals surface area contributed by atoms with E-state index in [4.69, 9.17) is 0 Å². The molecule has 0 unspecified atom stereocenters. The molecule has 20 heavy (non-hydrogen) atoms. The molecule has 2 aromatic rings. The van der Waals surface area contributed by atoms with Gasteiger partial charge in [-0.05, 0) is 54.3 Å². The van der Waals surface area contributed by atoms with Crippen molar-refractivity contribution < 1.29 is 4.79 Å². The number of pyridine rings is 1. The molecule has 0 saturated carbocycles. The zero-order chi connectivity index (χ0) is 13.8. The number of fused-ring (bicyclic) bond motifs is 1. The number of carbonyl (C=O) groups is 1. The standard InChI is InChI=1S/C16H17N3O/c20-16(10-12-5-8-17-9-6-12)19-14-3-4-15-13(11-14)2-1-7-18-15/h3-6,8-9,11,18H,1-2,7,10H2,(H,19,20). The van der Waals surface area contributed by atoms with Crippen LogP contribution in [0.5, 0.6) is 0 Å². The number of anilines is 2. The first kappa shape index (κ1) is 12.7. The lowest BCUT2D eigenvalue weighted by atomic mass is 10.0. The Hall–Kier alpha value is -2.36. The summed E-state index contributed by atoms with van der Waals surface area (Å²) in [7, 11) is 0. The number of nitrogens with one attached hydrogen (secondary N) is 2. The van der Waals surface area contributed by atoms with Crippen LogP contribution in [0.2, 0.25) is 0 Å². The first-order chi connectivity index (χ1) is 9.81. The third-order valence-corrected chi connectivity index (χ3v) is 3.44.